The summed E-state index contributed by atoms with van der Waals surface area (Å²) in [6, 6.07) is 4.93. The maximum atomic E-state index is 12.2. The molecule has 0 fully saturated rings. The van der Waals surface area contributed by atoms with E-state index in [0.29, 0.717) is 29.8 Å². The van der Waals surface area contributed by atoms with Crippen LogP contribution in [-0.4, -0.2) is 50.6 Å². The Labute approximate surface area is 141 Å². The molecule has 0 saturated carbocycles. The van der Waals surface area contributed by atoms with Gasteiger partial charge in [-0.1, -0.05) is 0 Å². The molecule has 2 amide bonds. The molecule has 0 aliphatic rings. The third-order valence-electron chi connectivity index (χ3n) is 3.76. The van der Waals surface area contributed by atoms with Gasteiger partial charge in [0.05, 0.1) is 16.6 Å². The van der Waals surface area contributed by atoms with Crippen molar-refractivity contribution < 1.29 is 14.7 Å². The first-order valence-corrected chi connectivity index (χ1v) is 8.07. The number of imidazole rings is 1. The van der Waals surface area contributed by atoms with Gasteiger partial charge in [0, 0.05) is 25.0 Å². The molecular weight excluding hydrogens is 308 g/mol. The number of nitrogens with zero attached hydrogens (tertiary/aromatic N) is 2. The van der Waals surface area contributed by atoms with Crippen molar-refractivity contribution in [3.63, 3.8) is 0 Å². The van der Waals surface area contributed by atoms with Gasteiger partial charge >= 0.3 is 12.0 Å². The van der Waals surface area contributed by atoms with Crippen molar-refractivity contribution in [1.82, 2.24) is 20.2 Å². The number of aromatic nitrogens is 2. The fraction of sp³-hybridized carbons (Fsp3) is 0.471. The van der Waals surface area contributed by atoms with Crippen LogP contribution in [0.15, 0.2) is 18.2 Å². The monoisotopic (exact) mass is 332 g/mol. The minimum atomic E-state index is -0.970. The highest BCUT2D eigenvalue weighted by Crippen LogP contribution is 2.14. The van der Waals surface area contributed by atoms with Gasteiger partial charge in [0.15, 0.2) is 0 Å². The summed E-state index contributed by atoms with van der Waals surface area (Å²) in [5, 5.41) is 11.9. The van der Waals surface area contributed by atoms with Crippen LogP contribution in [0.5, 0.6) is 0 Å². The molecule has 0 spiro atoms. The van der Waals surface area contributed by atoms with Gasteiger partial charge < -0.3 is 20.3 Å². The van der Waals surface area contributed by atoms with Gasteiger partial charge in [0.25, 0.3) is 0 Å². The predicted molar refractivity (Wildman–Crippen MR) is 92.3 cm³/mol. The lowest BCUT2D eigenvalue weighted by atomic mass is 10.2. The van der Waals surface area contributed by atoms with Crippen molar-refractivity contribution in [2.24, 2.45) is 0 Å². The zero-order chi connectivity index (χ0) is 17.9. The highest BCUT2D eigenvalue weighted by atomic mass is 16.4. The van der Waals surface area contributed by atoms with E-state index < -0.39 is 5.97 Å². The zero-order valence-electron chi connectivity index (χ0n) is 14.5. The molecule has 1 heterocycles. The standard InChI is InChI=1S/C17H24N4O3/c1-10(2)21(11(3)4)17(24)18-8-7-15-19-13-6-5-12(16(22)23)9-14(13)20-15/h5-6,9-11H,7-8H2,1-4H3,(H,18,24)(H,19,20)(H,22,23). The average molecular weight is 332 g/mol. The van der Waals surface area contributed by atoms with Gasteiger partial charge in [-0.25, -0.2) is 14.6 Å². The molecule has 130 valence electrons. The molecule has 0 aliphatic heterocycles. The first-order chi connectivity index (χ1) is 11.3. The number of carbonyl (C=O) groups excluding carboxylic acids is 1. The van der Waals surface area contributed by atoms with Crippen LogP contribution in [0.2, 0.25) is 0 Å². The summed E-state index contributed by atoms with van der Waals surface area (Å²) in [6.45, 7) is 8.40. The quantitative estimate of drug-likeness (QED) is 0.757. The Kier molecular flexibility index (Phi) is 5.43. The number of carbonyl (C=O) groups is 2. The van der Waals surface area contributed by atoms with E-state index in [1.165, 1.54) is 6.07 Å². The maximum Gasteiger partial charge on any atom is 0.335 e. The lowest BCUT2D eigenvalue weighted by Gasteiger charge is -2.30. The van der Waals surface area contributed by atoms with Crippen LogP contribution >= 0.6 is 0 Å². The summed E-state index contributed by atoms with van der Waals surface area (Å²) >= 11 is 0. The highest BCUT2D eigenvalue weighted by molar-refractivity contribution is 5.92. The Bertz CT molecular complexity index is 729. The van der Waals surface area contributed by atoms with Crippen molar-refractivity contribution in [1.29, 1.82) is 0 Å². The molecule has 0 unspecified atom stereocenters. The minimum Gasteiger partial charge on any atom is -0.478 e. The number of hydrogen-bond acceptors (Lipinski definition) is 3. The van der Waals surface area contributed by atoms with Crippen LogP contribution < -0.4 is 5.32 Å². The number of aromatic carboxylic acids is 1. The topological polar surface area (TPSA) is 98.3 Å². The number of rotatable bonds is 6. The Morgan fingerprint density at radius 2 is 1.92 bits per heavy atom. The number of nitrogens with one attached hydrogen (secondary N) is 2. The molecule has 0 bridgehead atoms. The molecule has 2 rings (SSSR count). The molecule has 0 saturated heterocycles. The van der Waals surface area contributed by atoms with Crippen LogP contribution in [0, 0.1) is 0 Å². The Morgan fingerprint density at radius 3 is 2.50 bits per heavy atom. The van der Waals surface area contributed by atoms with E-state index in [-0.39, 0.29) is 23.7 Å². The number of carboxylic acid groups (broad SMARTS) is 1. The third kappa shape index (κ3) is 4.04. The van der Waals surface area contributed by atoms with Crippen LogP contribution in [0.1, 0.15) is 43.9 Å². The van der Waals surface area contributed by atoms with Crippen molar-refractivity contribution in [2.45, 2.75) is 46.2 Å². The smallest absolute Gasteiger partial charge is 0.335 e. The van der Waals surface area contributed by atoms with E-state index in [0.717, 1.165) is 0 Å². The molecule has 7 nitrogen and oxygen atoms in total. The predicted octanol–water partition coefficient (Wildman–Crippen LogP) is 2.63. The van der Waals surface area contributed by atoms with Crippen molar-refractivity contribution in [3.05, 3.63) is 29.6 Å². The number of H-pyrrole nitrogens is 1. The lowest BCUT2D eigenvalue weighted by Crippen LogP contribution is -2.48. The van der Waals surface area contributed by atoms with Gasteiger partial charge in [-0.05, 0) is 45.9 Å². The number of aromatic amines is 1. The van der Waals surface area contributed by atoms with Gasteiger partial charge in [-0.2, -0.15) is 0 Å². The first-order valence-electron chi connectivity index (χ1n) is 8.07. The van der Waals surface area contributed by atoms with Crippen molar-refractivity contribution in [2.75, 3.05) is 6.54 Å². The summed E-state index contributed by atoms with van der Waals surface area (Å²) in [7, 11) is 0. The van der Waals surface area contributed by atoms with Crippen LogP contribution in [0.3, 0.4) is 0 Å². The maximum absolute atomic E-state index is 12.2. The first kappa shape index (κ1) is 17.8. The number of amides is 2. The highest BCUT2D eigenvalue weighted by Gasteiger charge is 2.19. The van der Waals surface area contributed by atoms with Gasteiger partial charge in [0.2, 0.25) is 0 Å². The van der Waals surface area contributed by atoms with E-state index in [1.807, 2.05) is 27.7 Å². The molecule has 0 aliphatic carbocycles. The van der Waals surface area contributed by atoms with Crippen LogP contribution in [0.4, 0.5) is 4.79 Å². The largest absolute Gasteiger partial charge is 0.478 e. The molecule has 1 aromatic heterocycles. The molecule has 0 radical (unpaired) electrons. The van der Waals surface area contributed by atoms with E-state index in [2.05, 4.69) is 15.3 Å². The number of benzene rings is 1. The van der Waals surface area contributed by atoms with Crippen LogP contribution in [-0.2, 0) is 6.42 Å². The molecule has 3 N–H and O–H groups in total. The third-order valence-corrected chi connectivity index (χ3v) is 3.76. The van der Waals surface area contributed by atoms with E-state index in [9.17, 15) is 9.59 Å². The summed E-state index contributed by atoms with van der Waals surface area (Å²) in [4.78, 5) is 32.5. The van der Waals surface area contributed by atoms with Crippen molar-refractivity contribution in [3.8, 4) is 0 Å². The van der Waals surface area contributed by atoms with Gasteiger partial charge in [-0.15, -0.1) is 0 Å². The summed E-state index contributed by atoms with van der Waals surface area (Å²) in [5.41, 5.74) is 1.62. The Balaban J connectivity index is 1.98. The number of hydrogen-bond donors (Lipinski definition) is 3. The molecular formula is C17H24N4O3. The normalized spacial score (nSPS) is 11.2. The lowest BCUT2D eigenvalue weighted by molar-refractivity contribution is 0.0697. The Morgan fingerprint density at radius 1 is 1.25 bits per heavy atom. The molecule has 1 aromatic carbocycles. The van der Waals surface area contributed by atoms with Crippen molar-refractivity contribution >= 4 is 23.0 Å². The molecule has 2 aromatic rings. The fourth-order valence-corrected chi connectivity index (χ4v) is 2.76. The molecule has 0 atom stereocenters. The minimum absolute atomic E-state index is 0.0933. The summed E-state index contributed by atoms with van der Waals surface area (Å²) in [5.74, 6) is -0.253. The van der Waals surface area contributed by atoms with E-state index in [4.69, 9.17) is 5.11 Å². The molecule has 7 heteroatoms. The summed E-state index contributed by atoms with van der Waals surface area (Å²) in [6.07, 6.45) is 0.548. The van der Waals surface area contributed by atoms with E-state index >= 15 is 0 Å². The average Bonchev–Trinajstić information content (AvgIpc) is 2.87. The second-order valence-electron chi connectivity index (χ2n) is 6.30. The SMILES string of the molecule is CC(C)N(C(=O)NCCc1nc2ccc(C(=O)O)cc2[nH]1)C(C)C. The zero-order valence-corrected chi connectivity index (χ0v) is 14.5. The van der Waals surface area contributed by atoms with Gasteiger partial charge in [0.1, 0.15) is 5.82 Å². The van der Waals surface area contributed by atoms with Gasteiger partial charge in [-0.3, -0.25) is 0 Å². The van der Waals surface area contributed by atoms with E-state index in [1.54, 1.807) is 17.0 Å². The number of urea groups is 1. The van der Waals surface area contributed by atoms with Crippen LogP contribution in [0.25, 0.3) is 11.0 Å². The second-order valence-corrected chi connectivity index (χ2v) is 6.30. The molecule has 24 heavy (non-hydrogen) atoms. The second kappa shape index (κ2) is 7.33. The Hall–Kier alpha value is -2.57. The summed E-state index contributed by atoms with van der Waals surface area (Å²) < 4.78 is 0. The number of carboxylic acids is 1. The number of fused-ring (bicyclic) bond motifs is 1. The fourth-order valence-electron chi connectivity index (χ4n) is 2.76.